The number of hydrogen-bond donors (Lipinski definition) is 2. The van der Waals surface area contributed by atoms with Crippen molar-refractivity contribution in [3.05, 3.63) is 23.3 Å². The van der Waals surface area contributed by atoms with Gasteiger partial charge in [-0.25, -0.2) is 9.97 Å². The van der Waals surface area contributed by atoms with E-state index in [1.807, 2.05) is 6.92 Å². The minimum absolute atomic E-state index is 0.0310. The molecule has 1 aromatic rings. The quantitative estimate of drug-likeness (QED) is 0.801. The second-order valence-electron chi connectivity index (χ2n) is 6.99. The summed E-state index contributed by atoms with van der Waals surface area (Å²) in [4.78, 5) is 22.9. The summed E-state index contributed by atoms with van der Waals surface area (Å²) in [6.07, 6.45) is 2.77. The second-order valence-corrected chi connectivity index (χ2v) is 6.99. The Morgan fingerprint density at radius 2 is 2.12 bits per heavy atom. The number of rotatable bonds is 5. The third kappa shape index (κ3) is 4.54. The van der Waals surface area contributed by atoms with Crippen molar-refractivity contribution in [3.63, 3.8) is 0 Å². The Bertz CT molecular complexity index is 602. The Balaban J connectivity index is 1.60. The first-order valence-corrected chi connectivity index (χ1v) is 9.11. The van der Waals surface area contributed by atoms with E-state index in [1.165, 1.54) is 0 Å². The van der Waals surface area contributed by atoms with E-state index in [0.717, 1.165) is 43.1 Å². The molecule has 2 fully saturated rings. The minimum atomic E-state index is -0.367. The van der Waals surface area contributed by atoms with E-state index in [-0.39, 0.29) is 18.1 Å². The number of piperidine rings is 1. The van der Waals surface area contributed by atoms with Crippen molar-refractivity contribution in [1.29, 1.82) is 0 Å². The average molecular weight is 348 g/mol. The highest BCUT2D eigenvalue weighted by Crippen LogP contribution is 2.29. The molecule has 3 rings (SSSR count). The molecule has 2 N–H and O–H groups in total. The maximum Gasteiger partial charge on any atom is 0.220 e. The third-order valence-electron chi connectivity index (χ3n) is 5.24. The zero-order valence-electron chi connectivity index (χ0n) is 15.1. The van der Waals surface area contributed by atoms with Crippen LogP contribution in [-0.2, 0) is 16.0 Å². The summed E-state index contributed by atoms with van der Waals surface area (Å²) in [7, 11) is 1.65. The molecule has 0 unspecified atom stereocenters. The first-order chi connectivity index (χ1) is 12.1. The predicted octanol–water partition coefficient (Wildman–Crippen LogP) is 0.403. The SMILES string of the molecule is CNC(=O)CCc1cc(C2CCN([C@@H]3COC[C@@H]3O)CC2)nc(C)n1. The number of amides is 1. The fourth-order valence-electron chi connectivity index (χ4n) is 3.77. The van der Waals surface area contributed by atoms with Gasteiger partial charge < -0.3 is 15.2 Å². The fraction of sp³-hybridized carbons (Fsp3) is 0.722. The Labute approximate surface area is 148 Å². The summed E-state index contributed by atoms with van der Waals surface area (Å²) >= 11 is 0. The lowest BCUT2D eigenvalue weighted by Crippen LogP contribution is -2.46. The lowest BCUT2D eigenvalue weighted by Gasteiger charge is -2.36. The van der Waals surface area contributed by atoms with Gasteiger partial charge in [-0.2, -0.15) is 0 Å². The van der Waals surface area contributed by atoms with Crippen LogP contribution in [0.3, 0.4) is 0 Å². The lowest BCUT2D eigenvalue weighted by atomic mass is 9.91. The summed E-state index contributed by atoms with van der Waals surface area (Å²) in [5.74, 6) is 1.21. The van der Waals surface area contributed by atoms with Crippen molar-refractivity contribution in [2.45, 2.75) is 50.7 Å². The van der Waals surface area contributed by atoms with Crippen molar-refractivity contribution < 1.29 is 14.6 Å². The largest absolute Gasteiger partial charge is 0.389 e. The monoisotopic (exact) mass is 348 g/mol. The molecule has 0 bridgehead atoms. The van der Waals surface area contributed by atoms with Gasteiger partial charge in [0, 0.05) is 30.8 Å². The standard InChI is InChI=1S/C18H28N4O3/c1-12-20-14(3-4-18(24)19-2)9-15(21-12)13-5-7-22(8-6-13)16-10-25-11-17(16)23/h9,13,16-17,23H,3-8,10-11H2,1-2H3,(H,19,24)/t16-,17+/m1/s1. The summed E-state index contributed by atoms with van der Waals surface area (Å²) in [6, 6.07) is 2.19. The minimum Gasteiger partial charge on any atom is -0.389 e. The van der Waals surface area contributed by atoms with Crippen molar-refractivity contribution in [2.24, 2.45) is 0 Å². The van der Waals surface area contributed by atoms with Crippen LogP contribution >= 0.6 is 0 Å². The van der Waals surface area contributed by atoms with Crippen LogP contribution in [-0.4, -0.2) is 71.4 Å². The molecule has 2 atom stereocenters. The van der Waals surface area contributed by atoms with Crippen molar-refractivity contribution in [3.8, 4) is 0 Å². The number of nitrogens with zero attached hydrogens (tertiary/aromatic N) is 3. The zero-order chi connectivity index (χ0) is 17.8. The van der Waals surface area contributed by atoms with Gasteiger partial charge in [0.2, 0.25) is 5.91 Å². The Morgan fingerprint density at radius 3 is 2.76 bits per heavy atom. The van der Waals surface area contributed by atoms with Crippen LogP contribution in [0.1, 0.15) is 42.4 Å². The molecule has 0 spiro atoms. The van der Waals surface area contributed by atoms with Crippen molar-refractivity contribution >= 4 is 5.91 Å². The van der Waals surface area contributed by atoms with Gasteiger partial charge in [0.05, 0.1) is 25.4 Å². The molecular formula is C18H28N4O3. The molecule has 2 aliphatic heterocycles. The topological polar surface area (TPSA) is 87.6 Å². The molecule has 2 saturated heterocycles. The van der Waals surface area contributed by atoms with Crippen LogP contribution in [0, 0.1) is 6.92 Å². The lowest BCUT2D eigenvalue weighted by molar-refractivity contribution is -0.120. The first kappa shape index (κ1) is 18.2. The van der Waals surface area contributed by atoms with E-state index in [9.17, 15) is 9.90 Å². The second kappa shape index (κ2) is 8.21. The van der Waals surface area contributed by atoms with Crippen LogP contribution < -0.4 is 5.32 Å². The molecule has 138 valence electrons. The Kier molecular flexibility index (Phi) is 5.98. The van der Waals surface area contributed by atoms with E-state index >= 15 is 0 Å². The van der Waals surface area contributed by atoms with Gasteiger partial charge in [0.1, 0.15) is 5.82 Å². The number of aliphatic hydroxyl groups excluding tert-OH is 1. The number of likely N-dealkylation sites (tertiary alicyclic amines) is 1. The number of carbonyl (C=O) groups is 1. The molecule has 0 aromatic carbocycles. The molecule has 1 amide bonds. The summed E-state index contributed by atoms with van der Waals surface area (Å²) in [5, 5.41) is 12.6. The summed E-state index contributed by atoms with van der Waals surface area (Å²) in [6.45, 7) is 4.89. The molecule has 7 heteroatoms. The summed E-state index contributed by atoms with van der Waals surface area (Å²) in [5.41, 5.74) is 2.02. The van der Waals surface area contributed by atoms with E-state index in [1.54, 1.807) is 7.05 Å². The Hall–Kier alpha value is -1.57. The molecule has 0 saturated carbocycles. The smallest absolute Gasteiger partial charge is 0.220 e. The fourth-order valence-corrected chi connectivity index (χ4v) is 3.77. The van der Waals surface area contributed by atoms with Gasteiger partial charge in [0.15, 0.2) is 0 Å². The third-order valence-corrected chi connectivity index (χ3v) is 5.24. The molecule has 25 heavy (non-hydrogen) atoms. The number of aryl methyl sites for hydroxylation is 2. The van der Waals surface area contributed by atoms with Crippen LogP contribution in [0.4, 0.5) is 0 Å². The van der Waals surface area contributed by atoms with Crippen LogP contribution in [0.25, 0.3) is 0 Å². The van der Waals surface area contributed by atoms with Gasteiger partial charge in [0.25, 0.3) is 0 Å². The number of hydrogen-bond acceptors (Lipinski definition) is 6. The number of aliphatic hydroxyl groups is 1. The normalized spacial score (nSPS) is 25.2. The van der Waals surface area contributed by atoms with Gasteiger partial charge in [-0.05, 0) is 45.3 Å². The highest BCUT2D eigenvalue weighted by Gasteiger charge is 2.34. The number of nitrogens with one attached hydrogen (secondary N) is 1. The maximum absolute atomic E-state index is 11.5. The average Bonchev–Trinajstić information content (AvgIpc) is 3.05. The Morgan fingerprint density at radius 1 is 1.36 bits per heavy atom. The van der Waals surface area contributed by atoms with Crippen LogP contribution in [0.2, 0.25) is 0 Å². The molecular weight excluding hydrogens is 320 g/mol. The van der Waals surface area contributed by atoms with Gasteiger partial charge >= 0.3 is 0 Å². The maximum atomic E-state index is 11.5. The van der Waals surface area contributed by atoms with E-state index in [0.29, 0.717) is 32.0 Å². The van der Waals surface area contributed by atoms with Crippen LogP contribution in [0.15, 0.2) is 6.07 Å². The number of carbonyl (C=O) groups excluding carboxylic acids is 1. The van der Waals surface area contributed by atoms with Gasteiger partial charge in [-0.1, -0.05) is 0 Å². The van der Waals surface area contributed by atoms with Gasteiger partial charge in [-0.15, -0.1) is 0 Å². The van der Waals surface area contributed by atoms with Crippen LogP contribution in [0.5, 0.6) is 0 Å². The van der Waals surface area contributed by atoms with E-state index in [4.69, 9.17) is 4.74 Å². The van der Waals surface area contributed by atoms with Crippen molar-refractivity contribution in [1.82, 2.24) is 20.2 Å². The molecule has 1 aromatic heterocycles. The van der Waals surface area contributed by atoms with Crippen molar-refractivity contribution in [2.75, 3.05) is 33.4 Å². The van der Waals surface area contributed by atoms with Gasteiger partial charge in [-0.3, -0.25) is 9.69 Å². The van der Waals surface area contributed by atoms with E-state index < -0.39 is 0 Å². The molecule has 2 aliphatic rings. The van der Waals surface area contributed by atoms with E-state index in [2.05, 4.69) is 26.3 Å². The predicted molar refractivity (Wildman–Crippen MR) is 93.3 cm³/mol. The molecule has 0 aliphatic carbocycles. The number of aromatic nitrogens is 2. The zero-order valence-corrected chi connectivity index (χ0v) is 15.1. The molecule has 0 radical (unpaired) electrons. The summed E-state index contributed by atoms with van der Waals surface area (Å²) < 4.78 is 5.38. The molecule has 7 nitrogen and oxygen atoms in total. The molecule has 3 heterocycles. The first-order valence-electron chi connectivity index (χ1n) is 9.11. The number of ether oxygens (including phenoxy) is 1. The highest BCUT2D eigenvalue weighted by molar-refractivity contribution is 5.75. The highest BCUT2D eigenvalue weighted by atomic mass is 16.5.